The van der Waals surface area contributed by atoms with E-state index in [0.717, 1.165) is 18.4 Å². The monoisotopic (exact) mass is 245 g/mol. The summed E-state index contributed by atoms with van der Waals surface area (Å²) >= 11 is 0. The third-order valence-corrected chi connectivity index (χ3v) is 3.40. The number of carbonyl (C=O) groups excluding carboxylic acids is 2. The van der Waals surface area contributed by atoms with Gasteiger partial charge in [0.2, 0.25) is 0 Å². The quantitative estimate of drug-likeness (QED) is 0.618. The third-order valence-electron chi connectivity index (χ3n) is 3.40. The van der Waals surface area contributed by atoms with Gasteiger partial charge in [-0.25, -0.2) is 0 Å². The fourth-order valence-corrected chi connectivity index (χ4v) is 2.42. The van der Waals surface area contributed by atoms with Crippen LogP contribution in [0.15, 0.2) is 18.2 Å². The number of hydrogen-bond acceptors (Lipinski definition) is 2. The van der Waals surface area contributed by atoms with Gasteiger partial charge in [-0.15, -0.1) is 0 Å². The standard InChI is InChI=1S/C15H19NO2/c1-2-3-4-5-6-8-11-9-7-10-12-13(11)15(18)16-14(12)17/h7,9-10H,2-6,8H2,1H3,(H,16,17,18). The van der Waals surface area contributed by atoms with Crippen molar-refractivity contribution in [2.24, 2.45) is 0 Å². The lowest BCUT2D eigenvalue weighted by Crippen LogP contribution is -2.20. The minimum absolute atomic E-state index is 0.237. The zero-order valence-corrected chi connectivity index (χ0v) is 10.8. The van der Waals surface area contributed by atoms with Gasteiger partial charge in [0.1, 0.15) is 0 Å². The molecule has 1 heterocycles. The van der Waals surface area contributed by atoms with Gasteiger partial charge < -0.3 is 0 Å². The highest BCUT2D eigenvalue weighted by molar-refractivity contribution is 6.22. The van der Waals surface area contributed by atoms with E-state index in [9.17, 15) is 9.59 Å². The molecule has 0 unspecified atom stereocenters. The van der Waals surface area contributed by atoms with Crippen LogP contribution in [0.1, 0.15) is 65.3 Å². The minimum atomic E-state index is -0.261. The zero-order valence-electron chi connectivity index (χ0n) is 10.8. The lowest BCUT2D eigenvalue weighted by atomic mass is 9.97. The van der Waals surface area contributed by atoms with Gasteiger partial charge in [0.25, 0.3) is 11.8 Å². The Kier molecular flexibility index (Phi) is 4.13. The van der Waals surface area contributed by atoms with E-state index in [0.29, 0.717) is 11.1 Å². The summed E-state index contributed by atoms with van der Waals surface area (Å²) in [7, 11) is 0. The van der Waals surface area contributed by atoms with Crippen LogP contribution in [0.25, 0.3) is 0 Å². The SMILES string of the molecule is CCCCCCCc1cccc2c1C(=O)NC2=O. The Balaban J connectivity index is 2.02. The summed E-state index contributed by atoms with van der Waals surface area (Å²) in [5.41, 5.74) is 2.14. The Morgan fingerprint density at radius 3 is 2.56 bits per heavy atom. The number of hydrogen-bond donors (Lipinski definition) is 1. The van der Waals surface area contributed by atoms with Crippen LogP contribution in [0.2, 0.25) is 0 Å². The minimum Gasteiger partial charge on any atom is -0.288 e. The van der Waals surface area contributed by atoms with Crippen molar-refractivity contribution in [1.29, 1.82) is 0 Å². The number of fused-ring (bicyclic) bond motifs is 1. The maximum Gasteiger partial charge on any atom is 0.259 e. The molecule has 0 aromatic heterocycles. The van der Waals surface area contributed by atoms with Crippen molar-refractivity contribution in [3.63, 3.8) is 0 Å². The molecule has 2 amide bonds. The molecule has 1 aromatic carbocycles. The Morgan fingerprint density at radius 2 is 1.78 bits per heavy atom. The molecule has 1 aromatic rings. The molecule has 0 fully saturated rings. The van der Waals surface area contributed by atoms with Gasteiger partial charge in [0.15, 0.2) is 0 Å². The molecule has 0 spiro atoms. The number of amides is 2. The first kappa shape index (κ1) is 12.8. The summed E-state index contributed by atoms with van der Waals surface area (Å²) in [6.07, 6.45) is 6.90. The molecule has 1 aliphatic heterocycles. The summed E-state index contributed by atoms with van der Waals surface area (Å²) in [5, 5.41) is 2.36. The summed E-state index contributed by atoms with van der Waals surface area (Å²) < 4.78 is 0. The van der Waals surface area contributed by atoms with E-state index in [1.165, 1.54) is 25.7 Å². The molecule has 3 heteroatoms. The topological polar surface area (TPSA) is 46.2 Å². The molecule has 0 saturated carbocycles. The van der Waals surface area contributed by atoms with Crippen LogP contribution in [-0.2, 0) is 6.42 Å². The molecule has 18 heavy (non-hydrogen) atoms. The summed E-state index contributed by atoms with van der Waals surface area (Å²) in [4.78, 5) is 23.2. The van der Waals surface area contributed by atoms with Gasteiger partial charge in [0, 0.05) is 0 Å². The molecule has 0 bridgehead atoms. The molecular formula is C15H19NO2. The Morgan fingerprint density at radius 1 is 1.00 bits per heavy atom. The lowest BCUT2D eigenvalue weighted by molar-refractivity contribution is 0.0879. The second-order valence-electron chi connectivity index (χ2n) is 4.79. The number of aryl methyl sites for hydroxylation is 1. The van der Waals surface area contributed by atoms with Crippen molar-refractivity contribution in [2.75, 3.05) is 0 Å². The number of benzene rings is 1. The second-order valence-corrected chi connectivity index (χ2v) is 4.79. The van der Waals surface area contributed by atoms with Gasteiger partial charge in [-0.05, 0) is 24.5 Å². The van der Waals surface area contributed by atoms with Crippen LogP contribution in [0.4, 0.5) is 0 Å². The van der Waals surface area contributed by atoms with E-state index in [1.54, 1.807) is 6.07 Å². The largest absolute Gasteiger partial charge is 0.288 e. The van der Waals surface area contributed by atoms with Crippen LogP contribution in [0.3, 0.4) is 0 Å². The Bertz CT molecular complexity index is 466. The molecule has 0 atom stereocenters. The van der Waals surface area contributed by atoms with Gasteiger partial charge in [-0.3, -0.25) is 14.9 Å². The highest BCUT2D eigenvalue weighted by atomic mass is 16.2. The Labute approximate surface area is 108 Å². The van der Waals surface area contributed by atoms with Crippen LogP contribution in [0, 0.1) is 0 Å². The van der Waals surface area contributed by atoms with Gasteiger partial charge in [0.05, 0.1) is 11.1 Å². The van der Waals surface area contributed by atoms with E-state index in [1.807, 2.05) is 12.1 Å². The van der Waals surface area contributed by atoms with Gasteiger partial charge in [-0.1, -0.05) is 44.7 Å². The lowest BCUT2D eigenvalue weighted by Gasteiger charge is -2.05. The van der Waals surface area contributed by atoms with Crippen molar-refractivity contribution in [2.45, 2.75) is 45.4 Å². The van der Waals surface area contributed by atoms with E-state index in [2.05, 4.69) is 12.2 Å². The van der Waals surface area contributed by atoms with Crippen molar-refractivity contribution >= 4 is 11.8 Å². The van der Waals surface area contributed by atoms with Gasteiger partial charge in [-0.2, -0.15) is 0 Å². The molecule has 3 nitrogen and oxygen atoms in total. The van der Waals surface area contributed by atoms with Crippen LogP contribution in [-0.4, -0.2) is 11.8 Å². The number of carbonyl (C=O) groups is 2. The predicted octanol–water partition coefficient (Wildman–Crippen LogP) is 3.08. The number of nitrogens with one attached hydrogen (secondary N) is 1. The van der Waals surface area contributed by atoms with Crippen molar-refractivity contribution in [3.05, 3.63) is 34.9 Å². The third kappa shape index (κ3) is 2.61. The van der Waals surface area contributed by atoms with Crippen LogP contribution < -0.4 is 5.32 Å². The molecule has 2 rings (SSSR count). The molecule has 1 N–H and O–H groups in total. The summed E-state index contributed by atoms with van der Waals surface area (Å²) in [5.74, 6) is -0.498. The molecule has 0 radical (unpaired) electrons. The normalized spacial score (nSPS) is 13.6. The molecule has 1 aliphatic rings. The maximum absolute atomic E-state index is 11.7. The number of rotatable bonds is 6. The van der Waals surface area contributed by atoms with Crippen molar-refractivity contribution in [3.8, 4) is 0 Å². The molecule has 96 valence electrons. The maximum atomic E-state index is 11.7. The highest BCUT2D eigenvalue weighted by Crippen LogP contribution is 2.21. The fraction of sp³-hybridized carbons (Fsp3) is 0.467. The Hall–Kier alpha value is -1.64. The first-order chi connectivity index (χ1) is 8.74. The van der Waals surface area contributed by atoms with E-state index in [4.69, 9.17) is 0 Å². The van der Waals surface area contributed by atoms with Crippen LogP contribution in [0.5, 0.6) is 0 Å². The first-order valence-corrected chi connectivity index (χ1v) is 6.71. The first-order valence-electron chi connectivity index (χ1n) is 6.71. The van der Waals surface area contributed by atoms with Crippen molar-refractivity contribution < 1.29 is 9.59 Å². The summed E-state index contributed by atoms with van der Waals surface area (Å²) in [6, 6.07) is 5.53. The highest BCUT2D eigenvalue weighted by Gasteiger charge is 2.28. The fourth-order valence-electron chi connectivity index (χ4n) is 2.42. The van der Waals surface area contributed by atoms with Crippen molar-refractivity contribution in [1.82, 2.24) is 5.32 Å². The molecule has 0 aliphatic carbocycles. The second kappa shape index (κ2) is 5.80. The molecular weight excluding hydrogens is 226 g/mol. The average Bonchev–Trinajstić information content (AvgIpc) is 2.66. The predicted molar refractivity (Wildman–Crippen MR) is 70.7 cm³/mol. The number of unbranched alkanes of at least 4 members (excludes halogenated alkanes) is 4. The average molecular weight is 245 g/mol. The number of imide groups is 1. The van der Waals surface area contributed by atoms with Gasteiger partial charge >= 0.3 is 0 Å². The van der Waals surface area contributed by atoms with E-state index >= 15 is 0 Å². The van der Waals surface area contributed by atoms with E-state index < -0.39 is 0 Å². The smallest absolute Gasteiger partial charge is 0.259 e. The zero-order chi connectivity index (χ0) is 13.0. The summed E-state index contributed by atoms with van der Waals surface area (Å²) in [6.45, 7) is 2.19. The van der Waals surface area contributed by atoms with E-state index in [-0.39, 0.29) is 11.8 Å². The molecule has 0 saturated heterocycles. The van der Waals surface area contributed by atoms with Crippen LogP contribution >= 0.6 is 0 Å².